The summed E-state index contributed by atoms with van der Waals surface area (Å²) in [6.07, 6.45) is 0.0924. The molecule has 1 aromatic heterocycles. The first kappa shape index (κ1) is 26.1. The van der Waals surface area contributed by atoms with Gasteiger partial charge in [0.2, 0.25) is 17.0 Å². The number of hydrogen-bond donors (Lipinski definition) is 2. The van der Waals surface area contributed by atoms with Gasteiger partial charge in [-0.3, -0.25) is 9.59 Å². The lowest BCUT2D eigenvalue weighted by molar-refractivity contribution is -0.129. The molecule has 0 aliphatic carbocycles. The molecular weight excluding hydrogens is 464 g/mol. The van der Waals surface area contributed by atoms with E-state index < -0.39 is 5.91 Å². The van der Waals surface area contributed by atoms with E-state index in [1.807, 2.05) is 43.3 Å². The van der Waals surface area contributed by atoms with Crippen LogP contribution in [0.3, 0.4) is 0 Å². The molecule has 9 nitrogen and oxygen atoms in total. The summed E-state index contributed by atoms with van der Waals surface area (Å²) in [5.74, 6) is 7.23. The number of aryl methyl sites for hydroxylation is 1. The number of nitrogens with two attached hydrogens (primary N) is 2. The van der Waals surface area contributed by atoms with Gasteiger partial charge in [-0.05, 0) is 35.6 Å². The van der Waals surface area contributed by atoms with Crippen molar-refractivity contribution in [1.29, 1.82) is 0 Å². The van der Waals surface area contributed by atoms with Crippen molar-refractivity contribution in [2.24, 2.45) is 5.73 Å². The Morgan fingerprint density at radius 3 is 2.57 bits per heavy atom. The first-order valence-corrected chi connectivity index (χ1v) is 12.4. The lowest BCUT2D eigenvalue weighted by Crippen LogP contribution is -2.35. The lowest BCUT2D eigenvalue weighted by atomic mass is 10.0. The summed E-state index contributed by atoms with van der Waals surface area (Å²) in [7, 11) is 0. The fourth-order valence-corrected chi connectivity index (χ4v) is 4.23. The van der Waals surface area contributed by atoms with Crippen LogP contribution in [0.15, 0.2) is 53.7 Å². The first-order valence-electron chi connectivity index (χ1n) is 11.4. The summed E-state index contributed by atoms with van der Waals surface area (Å²) in [6, 6.07) is 15.7. The number of aromatic nitrogens is 3. The normalized spacial score (nSPS) is 11.0. The number of benzene rings is 2. The Morgan fingerprint density at radius 1 is 1.14 bits per heavy atom. The summed E-state index contributed by atoms with van der Waals surface area (Å²) >= 11 is 1.18. The number of carbonyl (C=O) groups excluding carboxylic acids is 2. The highest BCUT2D eigenvalue weighted by Gasteiger charge is 2.19. The van der Waals surface area contributed by atoms with Gasteiger partial charge >= 0.3 is 0 Å². The minimum absolute atomic E-state index is 0.0924. The van der Waals surface area contributed by atoms with E-state index in [-0.39, 0.29) is 31.2 Å². The summed E-state index contributed by atoms with van der Waals surface area (Å²) < 4.78 is 7.35. The highest BCUT2D eigenvalue weighted by Crippen LogP contribution is 2.28. The van der Waals surface area contributed by atoms with Crippen LogP contribution in [0.5, 0.6) is 5.75 Å². The molecule has 0 saturated carbocycles. The average Bonchev–Trinajstić information content (AvgIpc) is 3.18. The Hall–Kier alpha value is -3.53. The summed E-state index contributed by atoms with van der Waals surface area (Å²) in [5.41, 5.74) is 8.47. The highest BCUT2D eigenvalue weighted by molar-refractivity contribution is 7.99. The molecule has 10 heteroatoms. The zero-order valence-electron chi connectivity index (χ0n) is 20.3. The highest BCUT2D eigenvalue weighted by atomic mass is 32.2. The molecule has 0 fully saturated rings. The number of nitrogens with zero attached hydrogens (tertiary/aromatic N) is 4. The molecule has 0 aliphatic heterocycles. The maximum Gasteiger partial charge on any atom is 0.233 e. The molecule has 0 radical (unpaired) electrons. The predicted octanol–water partition coefficient (Wildman–Crippen LogP) is 3.00. The molecule has 4 N–H and O–H groups in total. The largest absolute Gasteiger partial charge is 0.485 e. The lowest BCUT2D eigenvalue weighted by Gasteiger charge is -2.22. The Kier molecular flexibility index (Phi) is 9.13. The smallest absolute Gasteiger partial charge is 0.233 e. The fraction of sp³-hybridized carbons (Fsp3) is 0.360. The van der Waals surface area contributed by atoms with Gasteiger partial charge in [-0.25, -0.2) is 4.68 Å². The van der Waals surface area contributed by atoms with Crippen molar-refractivity contribution < 1.29 is 14.3 Å². The minimum atomic E-state index is -0.455. The second-order valence-electron chi connectivity index (χ2n) is 8.56. The third-order valence-corrected chi connectivity index (χ3v) is 6.33. The van der Waals surface area contributed by atoms with Crippen LogP contribution in [-0.4, -0.2) is 43.9 Å². The third kappa shape index (κ3) is 7.48. The van der Waals surface area contributed by atoms with Gasteiger partial charge in [0.1, 0.15) is 12.4 Å². The molecule has 0 aliphatic rings. The number of thioether (sulfide) groups is 1. The summed E-state index contributed by atoms with van der Waals surface area (Å²) in [6.45, 7) is 7.01. The molecule has 0 saturated heterocycles. The number of hydrogen-bond acceptors (Lipinski definition) is 7. The van der Waals surface area contributed by atoms with Crippen molar-refractivity contribution in [2.75, 3.05) is 18.1 Å². The predicted molar refractivity (Wildman–Crippen MR) is 136 cm³/mol. The maximum atomic E-state index is 12.9. The Bertz CT molecular complexity index is 1150. The number of nitrogen functional groups attached to an aromatic ring is 1. The summed E-state index contributed by atoms with van der Waals surface area (Å²) in [4.78, 5) is 25.8. The Balaban J connectivity index is 1.62. The van der Waals surface area contributed by atoms with E-state index in [1.165, 1.54) is 16.4 Å². The molecule has 0 unspecified atom stereocenters. The monoisotopic (exact) mass is 496 g/mol. The van der Waals surface area contributed by atoms with E-state index in [9.17, 15) is 9.59 Å². The summed E-state index contributed by atoms with van der Waals surface area (Å²) in [5, 5.41) is 8.66. The number of primary amides is 1. The zero-order chi connectivity index (χ0) is 25.4. The molecule has 0 bridgehead atoms. The van der Waals surface area contributed by atoms with Crippen molar-refractivity contribution >= 4 is 23.6 Å². The van der Waals surface area contributed by atoms with Crippen LogP contribution >= 0.6 is 11.8 Å². The SMILES string of the molecule is Cc1ccc(C(C)C)c(OCc2nnc(SCC(=O)N(CCC(N)=O)Cc3ccccc3)n2N)c1. The van der Waals surface area contributed by atoms with Gasteiger partial charge in [0, 0.05) is 19.5 Å². The van der Waals surface area contributed by atoms with Crippen molar-refractivity contribution in [3.8, 4) is 5.75 Å². The van der Waals surface area contributed by atoms with Gasteiger partial charge in [0.15, 0.2) is 5.82 Å². The molecule has 2 aromatic carbocycles. The number of carbonyl (C=O) groups is 2. The Labute approximate surface area is 209 Å². The standard InChI is InChI=1S/C25H32N6O3S/c1-17(2)20-10-9-18(3)13-21(20)34-15-23-28-29-25(31(23)27)35-16-24(33)30(12-11-22(26)32)14-19-7-5-4-6-8-19/h4-10,13,17H,11-12,14-16,27H2,1-3H3,(H2,26,32). The quantitative estimate of drug-likeness (QED) is 0.291. The first-order chi connectivity index (χ1) is 16.7. The van der Waals surface area contributed by atoms with E-state index in [1.54, 1.807) is 4.90 Å². The fourth-order valence-electron chi connectivity index (χ4n) is 3.45. The van der Waals surface area contributed by atoms with E-state index in [4.69, 9.17) is 16.3 Å². The number of amides is 2. The Morgan fingerprint density at radius 2 is 1.89 bits per heavy atom. The zero-order valence-corrected chi connectivity index (χ0v) is 21.1. The molecule has 1 heterocycles. The molecule has 35 heavy (non-hydrogen) atoms. The van der Waals surface area contributed by atoms with Crippen LogP contribution < -0.4 is 16.3 Å². The van der Waals surface area contributed by atoms with E-state index in [0.29, 0.717) is 23.4 Å². The van der Waals surface area contributed by atoms with E-state index in [2.05, 4.69) is 36.2 Å². The van der Waals surface area contributed by atoms with Crippen LogP contribution in [0.25, 0.3) is 0 Å². The average molecular weight is 497 g/mol. The topological polar surface area (TPSA) is 129 Å². The van der Waals surface area contributed by atoms with Gasteiger partial charge in [-0.1, -0.05) is 68.1 Å². The van der Waals surface area contributed by atoms with Gasteiger partial charge in [-0.15, -0.1) is 10.2 Å². The van der Waals surface area contributed by atoms with Crippen LogP contribution in [0.2, 0.25) is 0 Å². The van der Waals surface area contributed by atoms with E-state index in [0.717, 1.165) is 22.4 Å². The number of rotatable bonds is 12. The molecule has 2 amide bonds. The van der Waals surface area contributed by atoms with Gasteiger partial charge in [0.05, 0.1) is 5.75 Å². The molecule has 186 valence electrons. The number of ether oxygens (including phenoxy) is 1. The van der Waals surface area contributed by atoms with Gasteiger partial charge in [0.25, 0.3) is 0 Å². The van der Waals surface area contributed by atoms with Gasteiger partial charge in [-0.2, -0.15) is 0 Å². The van der Waals surface area contributed by atoms with Crippen molar-refractivity contribution in [2.45, 2.75) is 51.4 Å². The van der Waals surface area contributed by atoms with Crippen molar-refractivity contribution in [1.82, 2.24) is 19.8 Å². The van der Waals surface area contributed by atoms with Crippen LogP contribution in [0.1, 0.15) is 48.7 Å². The van der Waals surface area contributed by atoms with Crippen LogP contribution in [0, 0.1) is 6.92 Å². The molecule has 3 rings (SSSR count). The van der Waals surface area contributed by atoms with Crippen molar-refractivity contribution in [3.05, 3.63) is 71.0 Å². The third-order valence-electron chi connectivity index (χ3n) is 5.40. The molecule has 3 aromatic rings. The molecular formula is C25H32N6O3S. The second kappa shape index (κ2) is 12.3. The van der Waals surface area contributed by atoms with Gasteiger partial charge < -0.3 is 21.2 Å². The second-order valence-corrected chi connectivity index (χ2v) is 9.50. The molecule has 0 spiro atoms. The molecule has 0 atom stereocenters. The van der Waals surface area contributed by atoms with E-state index >= 15 is 0 Å². The van der Waals surface area contributed by atoms with Crippen LogP contribution in [-0.2, 0) is 22.7 Å². The van der Waals surface area contributed by atoms with Crippen LogP contribution in [0.4, 0.5) is 0 Å². The van der Waals surface area contributed by atoms with Crippen molar-refractivity contribution in [3.63, 3.8) is 0 Å². The minimum Gasteiger partial charge on any atom is -0.485 e. The maximum absolute atomic E-state index is 12.9.